The zero-order valence-corrected chi connectivity index (χ0v) is 11.9. The number of aromatic nitrogens is 4. The quantitative estimate of drug-likeness (QED) is 0.348. The highest BCUT2D eigenvalue weighted by Crippen LogP contribution is 2.37. The van der Waals surface area contributed by atoms with Gasteiger partial charge in [-0.05, 0) is 33.7 Å². The molecule has 2 aromatic heterocycles. The molecule has 0 aromatic carbocycles. The van der Waals surface area contributed by atoms with E-state index < -0.39 is 0 Å². The van der Waals surface area contributed by atoms with E-state index in [1.807, 2.05) is 12.1 Å². The molecular weight excluding hydrogens is 292 g/mol. The Bertz CT molecular complexity index is 386. The van der Waals surface area contributed by atoms with Crippen LogP contribution in [0.5, 0.6) is 0 Å². The van der Waals surface area contributed by atoms with Crippen molar-refractivity contribution in [3.63, 3.8) is 0 Å². The Morgan fingerprint density at radius 3 is 1.53 bits per heavy atom. The molecule has 0 spiro atoms. The van der Waals surface area contributed by atoms with Gasteiger partial charge in [-0.25, -0.2) is 19.9 Å². The second kappa shape index (κ2) is 7.80. The molecule has 0 radical (unpaired) electrons. The van der Waals surface area contributed by atoms with Crippen molar-refractivity contribution in [1.29, 1.82) is 0 Å². The lowest BCUT2D eigenvalue weighted by atomic mass is 10.7. The largest absolute Gasteiger partial charge is 0.230 e. The zero-order valence-electron chi connectivity index (χ0n) is 8.59. The van der Waals surface area contributed by atoms with Gasteiger partial charge in [0.1, 0.15) is 0 Å². The lowest BCUT2D eigenvalue weighted by Gasteiger charge is -1.98. The Labute approximate surface area is 115 Å². The highest BCUT2D eigenvalue weighted by atomic mass is 33.1. The van der Waals surface area contributed by atoms with E-state index in [1.54, 1.807) is 68.0 Å². The minimum absolute atomic E-state index is 0.791. The predicted octanol–water partition coefficient (Wildman–Crippen LogP) is 3.40. The van der Waals surface area contributed by atoms with E-state index in [4.69, 9.17) is 0 Å². The van der Waals surface area contributed by atoms with Crippen LogP contribution in [-0.2, 0) is 0 Å². The van der Waals surface area contributed by atoms with Crippen molar-refractivity contribution in [3.05, 3.63) is 36.9 Å². The maximum Gasteiger partial charge on any atom is 0.198 e. The minimum atomic E-state index is 0.791. The van der Waals surface area contributed by atoms with E-state index in [2.05, 4.69) is 19.9 Å². The summed E-state index contributed by atoms with van der Waals surface area (Å²) in [6.45, 7) is 0. The molecule has 0 amide bonds. The molecule has 4 nitrogen and oxygen atoms in total. The van der Waals surface area contributed by atoms with E-state index in [0.717, 1.165) is 15.4 Å². The molecular formula is C9H8N4S4. The fourth-order valence-electron chi connectivity index (χ4n) is 0.830. The molecule has 0 saturated heterocycles. The summed E-state index contributed by atoms with van der Waals surface area (Å²) < 4.78 is 0. The summed E-state index contributed by atoms with van der Waals surface area (Å²) in [7, 11) is 6.56. The average Bonchev–Trinajstić information content (AvgIpc) is 2.41. The smallest absolute Gasteiger partial charge is 0.198 e. The zero-order chi connectivity index (χ0) is 11.8. The van der Waals surface area contributed by atoms with Crippen LogP contribution in [0.15, 0.2) is 47.2 Å². The molecule has 2 heterocycles. The second-order valence-corrected chi connectivity index (χ2v) is 7.48. The first-order valence-electron chi connectivity index (χ1n) is 4.58. The van der Waals surface area contributed by atoms with E-state index in [9.17, 15) is 0 Å². The first kappa shape index (κ1) is 13.0. The van der Waals surface area contributed by atoms with Gasteiger partial charge in [0.05, 0.1) is 5.08 Å². The fraction of sp³-hybridized carbons (Fsp3) is 0.111. The van der Waals surface area contributed by atoms with Gasteiger partial charge >= 0.3 is 0 Å². The van der Waals surface area contributed by atoms with Gasteiger partial charge in [0.2, 0.25) is 0 Å². The SMILES string of the molecule is c1cnc(SSCSSc2ncccn2)nc1. The first-order chi connectivity index (χ1) is 8.45. The average molecular weight is 300 g/mol. The lowest BCUT2D eigenvalue weighted by Crippen LogP contribution is -1.81. The third-order valence-corrected chi connectivity index (χ3v) is 6.51. The third kappa shape index (κ3) is 5.15. The van der Waals surface area contributed by atoms with Crippen molar-refractivity contribution in [1.82, 2.24) is 19.9 Å². The standard InChI is InChI=1S/C9H8N4S4/c1-3-10-8(11-4-1)16-14-7-15-17-9-12-5-2-6-13-9/h1-6H,7H2. The molecule has 0 saturated carbocycles. The van der Waals surface area contributed by atoms with Gasteiger partial charge in [-0.2, -0.15) is 0 Å². The first-order valence-corrected chi connectivity index (χ1v) is 9.22. The molecule has 2 aromatic rings. The summed E-state index contributed by atoms with van der Waals surface area (Å²) in [5, 5.41) is 2.50. The molecule has 88 valence electrons. The molecule has 17 heavy (non-hydrogen) atoms. The van der Waals surface area contributed by atoms with Crippen molar-refractivity contribution < 1.29 is 0 Å². The van der Waals surface area contributed by atoms with Crippen LogP contribution in [0.4, 0.5) is 0 Å². The van der Waals surface area contributed by atoms with Crippen LogP contribution in [0.1, 0.15) is 0 Å². The van der Waals surface area contributed by atoms with E-state index >= 15 is 0 Å². The van der Waals surface area contributed by atoms with Gasteiger partial charge in [-0.15, -0.1) is 0 Å². The van der Waals surface area contributed by atoms with Crippen LogP contribution in [0.25, 0.3) is 0 Å². The maximum absolute atomic E-state index is 4.12. The van der Waals surface area contributed by atoms with Crippen molar-refractivity contribution in [2.24, 2.45) is 0 Å². The van der Waals surface area contributed by atoms with Crippen LogP contribution in [-0.4, -0.2) is 25.0 Å². The summed E-state index contributed by atoms with van der Waals surface area (Å²) >= 11 is 0. The minimum Gasteiger partial charge on any atom is -0.230 e. The van der Waals surface area contributed by atoms with Crippen LogP contribution < -0.4 is 0 Å². The van der Waals surface area contributed by atoms with Gasteiger partial charge in [0, 0.05) is 24.8 Å². The van der Waals surface area contributed by atoms with Crippen molar-refractivity contribution in [2.45, 2.75) is 10.3 Å². The monoisotopic (exact) mass is 300 g/mol. The van der Waals surface area contributed by atoms with Crippen LogP contribution in [0, 0.1) is 0 Å². The van der Waals surface area contributed by atoms with Crippen molar-refractivity contribution >= 4 is 43.2 Å². The Hall–Kier alpha value is -0.440. The Morgan fingerprint density at radius 2 is 1.12 bits per heavy atom. The van der Waals surface area contributed by atoms with Gasteiger partial charge in [0.25, 0.3) is 0 Å². The van der Waals surface area contributed by atoms with Crippen LogP contribution in [0.2, 0.25) is 0 Å². The van der Waals surface area contributed by atoms with Crippen molar-refractivity contribution in [2.75, 3.05) is 5.08 Å². The van der Waals surface area contributed by atoms with Gasteiger partial charge in [-0.3, -0.25) is 0 Å². The van der Waals surface area contributed by atoms with Crippen molar-refractivity contribution in [3.8, 4) is 0 Å². The molecule has 0 aliphatic rings. The molecule has 0 atom stereocenters. The summed E-state index contributed by atoms with van der Waals surface area (Å²) in [5.74, 6) is 0. The highest BCUT2D eigenvalue weighted by Gasteiger charge is 1.99. The fourth-order valence-corrected chi connectivity index (χ4v) is 5.43. The highest BCUT2D eigenvalue weighted by molar-refractivity contribution is 8.85. The maximum atomic E-state index is 4.12. The van der Waals surface area contributed by atoms with E-state index in [0.29, 0.717) is 0 Å². The number of rotatable bonds is 6. The lowest BCUT2D eigenvalue weighted by molar-refractivity contribution is 0.973. The summed E-state index contributed by atoms with van der Waals surface area (Å²) in [4.78, 5) is 16.5. The van der Waals surface area contributed by atoms with Gasteiger partial charge < -0.3 is 0 Å². The second-order valence-electron chi connectivity index (χ2n) is 2.58. The Morgan fingerprint density at radius 1 is 0.706 bits per heavy atom. The predicted molar refractivity (Wildman–Crippen MR) is 75.8 cm³/mol. The molecule has 0 bridgehead atoms. The summed E-state index contributed by atoms with van der Waals surface area (Å²) in [6.07, 6.45) is 6.98. The topological polar surface area (TPSA) is 51.6 Å². The normalized spacial score (nSPS) is 10.4. The summed E-state index contributed by atoms with van der Waals surface area (Å²) in [5.41, 5.74) is 0. The van der Waals surface area contributed by atoms with Crippen LogP contribution in [0.3, 0.4) is 0 Å². The van der Waals surface area contributed by atoms with Gasteiger partial charge in [-0.1, -0.05) is 21.6 Å². The molecule has 0 N–H and O–H groups in total. The van der Waals surface area contributed by atoms with E-state index in [1.165, 1.54) is 0 Å². The third-order valence-electron chi connectivity index (χ3n) is 1.45. The molecule has 8 heteroatoms. The number of hydrogen-bond donors (Lipinski definition) is 0. The Kier molecular flexibility index (Phi) is 5.97. The molecule has 0 fully saturated rings. The Balaban J connectivity index is 1.61. The molecule has 0 aliphatic carbocycles. The molecule has 2 rings (SSSR count). The van der Waals surface area contributed by atoms with E-state index in [-0.39, 0.29) is 0 Å². The molecule has 0 unspecified atom stereocenters. The summed E-state index contributed by atoms with van der Waals surface area (Å²) in [6, 6.07) is 3.62. The van der Waals surface area contributed by atoms with Gasteiger partial charge in [0.15, 0.2) is 10.3 Å². The number of hydrogen-bond acceptors (Lipinski definition) is 8. The number of nitrogens with zero attached hydrogens (tertiary/aromatic N) is 4. The molecule has 0 aliphatic heterocycles. The van der Waals surface area contributed by atoms with Crippen LogP contribution >= 0.6 is 43.2 Å².